The molecule has 0 unspecified atom stereocenters. The quantitative estimate of drug-likeness (QED) is 0.215. The van der Waals surface area contributed by atoms with E-state index in [0.29, 0.717) is 18.1 Å². The minimum atomic E-state index is -0.912. The number of carbonyl (C=O) groups is 3. The fourth-order valence-corrected chi connectivity index (χ4v) is 6.59. The molecule has 11 heteroatoms. The van der Waals surface area contributed by atoms with E-state index in [1.165, 1.54) is 23.1 Å². The number of thioether (sulfide) groups is 1. The maximum Gasteiger partial charge on any atom is 0.309 e. The van der Waals surface area contributed by atoms with Gasteiger partial charge in [-0.15, -0.1) is 0 Å². The highest BCUT2D eigenvalue weighted by molar-refractivity contribution is 8.03. The van der Waals surface area contributed by atoms with Gasteiger partial charge in [0.15, 0.2) is 6.54 Å². The number of aliphatic hydroxyl groups is 1. The number of hydrogen-bond donors (Lipinski definition) is 3. The SMILES string of the molecule is [B]CC(=O)NCCN1C(=CC2=C(O)C(=Cc3sc4ccccc4[n+]3CCC(=O)O)C2=O)Sc2ccccc21. The number of para-hydroxylation sites is 2. The first-order valence-corrected chi connectivity index (χ1v) is 13.6. The Morgan fingerprint density at radius 2 is 1.87 bits per heavy atom. The van der Waals surface area contributed by atoms with Crippen LogP contribution in [0.3, 0.4) is 0 Å². The highest BCUT2D eigenvalue weighted by Crippen LogP contribution is 2.47. The maximum absolute atomic E-state index is 13.2. The average molecular weight is 544 g/mol. The first kappa shape index (κ1) is 25.8. The standard InChI is InChI=1S/C27H22BN3O5S2/c28-15-22(32)29-10-12-31-19-6-2-4-8-21(19)38-24(31)14-17-26(35)16(27(17)36)13-23-30(11-9-25(33)34)18-5-1-3-7-20(18)37-23/h1-8,13-14H,9-12,15H2,(H2-,29,32,33,34,35,36)/p+1. The Bertz CT molecular complexity index is 1560. The normalized spacial score (nSPS) is 16.8. The zero-order valence-corrected chi connectivity index (χ0v) is 21.8. The average Bonchev–Trinajstić information content (AvgIpc) is 3.46. The van der Waals surface area contributed by atoms with Gasteiger partial charge in [-0.05, 0) is 30.6 Å². The van der Waals surface area contributed by atoms with Gasteiger partial charge in [-0.25, -0.2) is 0 Å². The van der Waals surface area contributed by atoms with Gasteiger partial charge in [0.1, 0.15) is 16.9 Å². The number of fused-ring (bicyclic) bond motifs is 2. The van der Waals surface area contributed by atoms with Crippen LogP contribution in [0.1, 0.15) is 11.4 Å². The zero-order chi connectivity index (χ0) is 26.8. The van der Waals surface area contributed by atoms with E-state index in [0.717, 1.165) is 25.8 Å². The molecule has 1 aliphatic carbocycles. The molecule has 38 heavy (non-hydrogen) atoms. The fraction of sp³-hybridized carbons (Fsp3) is 0.185. The molecular weight excluding hydrogens is 521 g/mol. The third-order valence-corrected chi connectivity index (χ3v) is 8.43. The molecule has 0 saturated heterocycles. The lowest BCUT2D eigenvalue weighted by molar-refractivity contribution is -0.667. The summed E-state index contributed by atoms with van der Waals surface area (Å²) < 4.78 is 2.82. The van der Waals surface area contributed by atoms with Crippen molar-refractivity contribution in [2.45, 2.75) is 24.2 Å². The molecule has 1 aromatic heterocycles. The van der Waals surface area contributed by atoms with Crippen molar-refractivity contribution in [1.29, 1.82) is 0 Å². The molecule has 0 saturated carbocycles. The van der Waals surface area contributed by atoms with E-state index in [-0.39, 0.29) is 47.9 Å². The van der Waals surface area contributed by atoms with E-state index < -0.39 is 5.97 Å². The van der Waals surface area contributed by atoms with Gasteiger partial charge in [-0.2, -0.15) is 4.57 Å². The number of amides is 1. The highest BCUT2D eigenvalue weighted by Gasteiger charge is 2.36. The number of carboxylic acids is 1. The predicted molar refractivity (Wildman–Crippen MR) is 148 cm³/mol. The lowest BCUT2D eigenvalue weighted by Gasteiger charge is -2.23. The maximum atomic E-state index is 13.2. The van der Waals surface area contributed by atoms with Gasteiger partial charge >= 0.3 is 5.97 Å². The van der Waals surface area contributed by atoms with Crippen molar-refractivity contribution in [1.82, 2.24) is 5.32 Å². The molecule has 0 fully saturated rings. The summed E-state index contributed by atoms with van der Waals surface area (Å²) in [5.74, 6) is -1.55. The summed E-state index contributed by atoms with van der Waals surface area (Å²) in [5, 5.41) is 24.3. The van der Waals surface area contributed by atoms with Crippen LogP contribution in [0, 0.1) is 0 Å². The van der Waals surface area contributed by atoms with Crippen molar-refractivity contribution in [2.75, 3.05) is 18.0 Å². The Labute approximate surface area is 228 Å². The van der Waals surface area contributed by atoms with E-state index >= 15 is 0 Å². The number of hydrogen-bond acceptors (Lipinski definition) is 7. The number of thiazole rings is 1. The summed E-state index contributed by atoms with van der Waals surface area (Å²) in [4.78, 5) is 38.9. The molecule has 190 valence electrons. The van der Waals surface area contributed by atoms with Gasteiger partial charge in [0.25, 0.3) is 5.01 Å². The van der Waals surface area contributed by atoms with Crippen LogP contribution in [0.5, 0.6) is 0 Å². The number of nitrogens with zero attached hydrogens (tertiary/aromatic N) is 2. The number of Topliss-reactive ketones (excluding diaryl/α,β-unsaturated/α-hetero) is 1. The number of aromatic nitrogens is 1. The van der Waals surface area contributed by atoms with Crippen LogP contribution in [0.25, 0.3) is 16.3 Å². The number of aliphatic hydroxyl groups excluding tert-OH is 1. The van der Waals surface area contributed by atoms with Gasteiger partial charge in [0, 0.05) is 30.1 Å². The first-order chi connectivity index (χ1) is 18.4. The molecule has 2 heterocycles. The predicted octanol–water partition coefficient (Wildman–Crippen LogP) is 3.60. The number of rotatable bonds is 9. The lowest BCUT2D eigenvalue weighted by Crippen LogP contribution is -2.36. The number of benzene rings is 2. The third-order valence-electron chi connectivity index (χ3n) is 6.20. The van der Waals surface area contributed by atoms with Crippen molar-refractivity contribution >= 4 is 70.6 Å². The molecule has 2 radical (unpaired) electrons. The minimum Gasteiger partial charge on any atom is -0.506 e. The zero-order valence-electron chi connectivity index (χ0n) is 20.2. The number of aryl methyl sites for hydroxylation is 1. The van der Waals surface area contributed by atoms with Crippen LogP contribution < -0.4 is 14.8 Å². The van der Waals surface area contributed by atoms with Crippen LogP contribution >= 0.6 is 23.1 Å². The molecule has 1 amide bonds. The second kappa shape index (κ2) is 10.9. The summed E-state index contributed by atoms with van der Waals surface area (Å²) in [6.45, 7) is 1.09. The monoisotopic (exact) mass is 544 g/mol. The van der Waals surface area contributed by atoms with Crippen LogP contribution in [-0.4, -0.2) is 48.8 Å². The van der Waals surface area contributed by atoms with Crippen LogP contribution in [0.15, 0.2) is 81.4 Å². The number of anilines is 1. The van der Waals surface area contributed by atoms with Crippen molar-refractivity contribution in [3.8, 4) is 0 Å². The van der Waals surface area contributed by atoms with E-state index in [2.05, 4.69) is 5.32 Å². The molecular formula is C27H23BN3O5S2+. The summed E-state index contributed by atoms with van der Waals surface area (Å²) in [6, 6.07) is 15.4. The van der Waals surface area contributed by atoms with Crippen molar-refractivity contribution in [3.63, 3.8) is 0 Å². The van der Waals surface area contributed by atoms with Crippen LogP contribution in [0.2, 0.25) is 6.32 Å². The van der Waals surface area contributed by atoms with Gasteiger partial charge in [-0.1, -0.05) is 47.4 Å². The van der Waals surface area contributed by atoms with Crippen molar-refractivity contribution < 1.29 is 29.2 Å². The molecule has 5 rings (SSSR count). The third kappa shape index (κ3) is 4.99. The molecule has 3 aromatic rings. The minimum absolute atomic E-state index is 0.0615. The second-order valence-electron chi connectivity index (χ2n) is 8.61. The van der Waals surface area contributed by atoms with E-state index in [1.54, 1.807) is 12.2 Å². The molecule has 8 nitrogen and oxygen atoms in total. The van der Waals surface area contributed by atoms with E-state index in [4.69, 9.17) is 7.85 Å². The summed E-state index contributed by atoms with van der Waals surface area (Å²) in [6.07, 6.45) is 3.15. The summed E-state index contributed by atoms with van der Waals surface area (Å²) in [7, 11) is 5.38. The van der Waals surface area contributed by atoms with Gasteiger partial charge in [0.05, 0.1) is 29.7 Å². The number of allylic oxidation sites excluding steroid dienone is 3. The molecule has 3 N–H and O–H groups in total. The van der Waals surface area contributed by atoms with Crippen molar-refractivity contribution in [3.05, 3.63) is 81.5 Å². The number of aliphatic carboxylic acids is 1. The molecule has 1 aliphatic heterocycles. The Kier molecular flexibility index (Phi) is 7.39. The Morgan fingerprint density at radius 3 is 2.63 bits per heavy atom. The molecule has 0 atom stereocenters. The fourth-order valence-electron chi connectivity index (χ4n) is 4.33. The number of nitrogens with one attached hydrogen (secondary N) is 1. The Hall–Kier alpha value is -3.83. The van der Waals surface area contributed by atoms with Crippen molar-refractivity contribution in [2.24, 2.45) is 0 Å². The van der Waals surface area contributed by atoms with E-state index in [1.807, 2.05) is 58.0 Å². The smallest absolute Gasteiger partial charge is 0.309 e. The first-order valence-electron chi connectivity index (χ1n) is 11.9. The Balaban J connectivity index is 1.45. The topological polar surface area (TPSA) is 111 Å². The van der Waals surface area contributed by atoms with Gasteiger partial charge in [0.2, 0.25) is 17.2 Å². The molecule has 2 aromatic carbocycles. The number of carbonyl (C=O) groups excluding carboxylic acids is 2. The number of carboxylic acid groups (broad SMARTS) is 1. The molecule has 2 aliphatic rings. The summed E-state index contributed by atoms with van der Waals surface area (Å²) in [5.41, 5.74) is 2.23. The van der Waals surface area contributed by atoms with Crippen LogP contribution in [0.4, 0.5) is 5.69 Å². The second-order valence-corrected chi connectivity index (χ2v) is 10.7. The van der Waals surface area contributed by atoms with Crippen LogP contribution in [-0.2, 0) is 20.9 Å². The molecule has 0 spiro atoms. The largest absolute Gasteiger partial charge is 0.506 e. The Morgan fingerprint density at radius 1 is 1.11 bits per heavy atom. The number of ketones is 1. The van der Waals surface area contributed by atoms with Gasteiger partial charge < -0.3 is 20.4 Å². The lowest BCUT2D eigenvalue weighted by atomic mass is 9.88. The highest BCUT2D eigenvalue weighted by atomic mass is 32.2. The van der Waals surface area contributed by atoms with E-state index in [9.17, 15) is 24.6 Å². The summed E-state index contributed by atoms with van der Waals surface area (Å²) >= 11 is 2.92. The molecule has 0 bridgehead atoms. The van der Waals surface area contributed by atoms with Gasteiger partial charge in [-0.3, -0.25) is 14.4 Å².